The molecule has 6 nitrogen and oxygen atoms in total. The molecule has 1 saturated heterocycles. The first-order valence-electron chi connectivity index (χ1n) is 10.6. The molecule has 1 fully saturated rings. The molecule has 0 atom stereocenters. The average Bonchev–Trinajstić information content (AvgIpc) is 3.24. The molecule has 1 amide bonds. The second kappa shape index (κ2) is 11.2. The number of hydrogen-bond acceptors (Lipinski definition) is 3. The first kappa shape index (κ1) is 23.9. The lowest BCUT2D eigenvalue weighted by atomic mass is 9.94. The Morgan fingerprint density at radius 3 is 2.48 bits per heavy atom. The number of fused-ring (bicyclic) bond motifs is 1. The zero-order valence-corrected chi connectivity index (χ0v) is 20.4. The second-order valence-corrected chi connectivity index (χ2v) is 8.39. The molecule has 2 aliphatic heterocycles. The molecule has 0 aliphatic carbocycles. The fraction of sp³-hybridized carbons (Fsp3) is 0.636. The molecule has 3 rings (SSSR count). The quantitative estimate of drug-likeness (QED) is 0.349. The highest BCUT2D eigenvalue weighted by Crippen LogP contribution is 2.24. The molecule has 29 heavy (non-hydrogen) atoms. The van der Waals surface area contributed by atoms with Gasteiger partial charge in [0.2, 0.25) is 5.91 Å². The number of benzene rings is 1. The van der Waals surface area contributed by atoms with Crippen molar-refractivity contribution in [1.82, 2.24) is 20.4 Å². The Kier molecular flexibility index (Phi) is 9.20. The summed E-state index contributed by atoms with van der Waals surface area (Å²) in [6, 6.07) is 8.73. The van der Waals surface area contributed by atoms with Gasteiger partial charge in [-0.1, -0.05) is 24.3 Å². The third-order valence-corrected chi connectivity index (χ3v) is 5.85. The highest BCUT2D eigenvalue weighted by atomic mass is 127. The van der Waals surface area contributed by atoms with E-state index in [1.807, 2.05) is 11.8 Å². The smallest absolute Gasteiger partial charge is 0.244 e. The van der Waals surface area contributed by atoms with Gasteiger partial charge in [-0.15, -0.1) is 24.0 Å². The number of amides is 1. The van der Waals surface area contributed by atoms with E-state index in [1.54, 1.807) is 0 Å². The summed E-state index contributed by atoms with van der Waals surface area (Å²) >= 11 is 0. The van der Waals surface area contributed by atoms with Gasteiger partial charge in [0.15, 0.2) is 5.96 Å². The molecule has 0 aromatic heterocycles. The van der Waals surface area contributed by atoms with Gasteiger partial charge in [0, 0.05) is 44.8 Å². The third kappa shape index (κ3) is 6.57. The van der Waals surface area contributed by atoms with Crippen molar-refractivity contribution in [3.05, 3.63) is 35.4 Å². The van der Waals surface area contributed by atoms with Crippen LogP contribution in [0.15, 0.2) is 29.3 Å². The van der Waals surface area contributed by atoms with E-state index in [9.17, 15) is 4.79 Å². The number of nitrogens with zero attached hydrogens (tertiary/aromatic N) is 3. The number of rotatable bonds is 6. The second-order valence-electron chi connectivity index (χ2n) is 8.39. The number of carbonyl (C=O) groups is 1. The molecule has 2 heterocycles. The highest BCUT2D eigenvalue weighted by Gasteiger charge is 2.29. The van der Waals surface area contributed by atoms with Crippen molar-refractivity contribution < 1.29 is 4.79 Å². The van der Waals surface area contributed by atoms with Crippen LogP contribution in [0.5, 0.6) is 0 Å². The number of guanidine groups is 1. The zero-order valence-electron chi connectivity index (χ0n) is 18.0. The van der Waals surface area contributed by atoms with Crippen molar-refractivity contribution in [2.24, 2.45) is 4.99 Å². The summed E-state index contributed by atoms with van der Waals surface area (Å²) in [5.74, 6) is 0.849. The lowest BCUT2D eigenvalue weighted by Gasteiger charge is -2.42. The first-order valence-corrected chi connectivity index (χ1v) is 10.6. The molecule has 1 aromatic rings. The van der Waals surface area contributed by atoms with Crippen molar-refractivity contribution in [2.75, 3.05) is 39.3 Å². The van der Waals surface area contributed by atoms with E-state index in [0.29, 0.717) is 0 Å². The molecule has 0 saturated carbocycles. The molecule has 2 aliphatic rings. The van der Waals surface area contributed by atoms with Crippen molar-refractivity contribution >= 4 is 35.8 Å². The van der Waals surface area contributed by atoms with Gasteiger partial charge in [0.1, 0.15) is 6.54 Å². The van der Waals surface area contributed by atoms with E-state index >= 15 is 0 Å². The van der Waals surface area contributed by atoms with Crippen LogP contribution in [-0.2, 0) is 17.8 Å². The standard InChI is InChI=1S/C22H35N5O.HI/c1-4-23-21(24-15-20(28)26-12-7-8-13-26)25-17-22(2,3)27-14-11-18-9-5-6-10-19(18)16-27;/h5-6,9-10H,4,7-8,11-17H2,1-3H3,(H2,23,24,25);1H. The maximum atomic E-state index is 12.3. The minimum absolute atomic E-state index is 0. The molecule has 1 aromatic carbocycles. The average molecular weight is 513 g/mol. The Bertz CT molecular complexity index is 700. The summed E-state index contributed by atoms with van der Waals surface area (Å²) in [5.41, 5.74) is 2.89. The van der Waals surface area contributed by atoms with Gasteiger partial charge in [-0.25, -0.2) is 4.99 Å². The van der Waals surface area contributed by atoms with Crippen molar-refractivity contribution in [1.29, 1.82) is 0 Å². The minimum Gasteiger partial charge on any atom is -0.357 e. The van der Waals surface area contributed by atoms with Crippen LogP contribution in [0.1, 0.15) is 44.7 Å². The number of aliphatic imine (C=N–C) groups is 1. The lowest BCUT2D eigenvalue weighted by molar-refractivity contribution is -0.128. The summed E-state index contributed by atoms with van der Waals surface area (Å²) in [6.45, 7) is 12.2. The van der Waals surface area contributed by atoms with Crippen LogP contribution < -0.4 is 10.6 Å². The molecule has 0 spiro atoms. The molecular formula is C22H36IN5O. The summed E-state index contributed by atoms with van der Waals surface area (Å²) in [7, 11) is 0. The van der Waals surface area contributed by atoms with Gasteiger partial charge in [-0.05, 0) is 51.2 Å². The van der Waals surface area contributed by atoms with E-state index in [4.69, 9.17) is 0 Å². The molecule has 7 heteroatoms. The largest absolute Gasteiger partial charge is 0.357 e. The van der Waals surface area contributed by atoms with E-state index in [0.717, 1.165) is 64.5 Å². The van der Waals surface area contributed by atoms with Crippen LogP contribution >= 0.6 is 24.0 Å². The molecule has 0 radical (unpaired) electrons. The number of nitrogens with one attached hydrogen (secondary N) is 2. The SMILES string of the molecule is CCNC(=NCC(=O)N1CCCC1)NCC(C)(C)N1CCc2ccccc2C1.I. The van der Waals surface area contributed by atoms with Crippen LogP contribution in [0.3, 0.4) is 0 Å². The van der Waals surface area contributed by atoms with E-state index in [-0.39, 0.29) is 42.0 Å². The van der Waals surface area contributed by atoms with Crippen molar-refractivity contribution in [2.45, 2.75) is 52.1 Å². The molecule has 0 unspecified atom stereocenters. The van der Waals surface area contributed by atoms with Crippen LogP contribution in [0.4, 0.5) is 0 Å². The summed E-state index contributed by atoms with van der Waals surface area (Å²) in [5, 5.41) is 6.72. The van der Waals surface area contributed by atoms with Gasteiger partial charge in [-0.2, -0.15) is 0 Å². The van der Waals surface area contributed by atoms with Crippen molar-refractivity contribution in [3.8, 4) is 0 Å². The fourth-order valence-electron chi connectivity index (χ4n) is 3.98. The highest BCUT2D eigenvalue weighted by molar-refractivity contribution is 14.0. The Labute approximate surface area is 192 Å². The Hall–Kier alpha value is -1.35. The van der Waals surface area contributed by atoms with Crippen LogP contribution in [-0.4, -0.2) is 66.5 Å². The number of carbonyl (C=O) groups excluding carboxylic acids is 1. The van der Waals surface area contributed by atoms with Crippen molar-refractivity contribution in [3.63, 3.8) is 0 Å². The van der Waals surface area contributed by atoms with Gasteiger partial charge in [0.25, 0.3) is 0 Å². The van der Waals surface area contributed by atoms with E-state index in [1.165, 1.54) is 11.1 Å². The van der Waals surface area contributed by atoms with E-state index < -0.39 is 0 Å². The summed E-state index contributed by atoms with van der Waals surface area (Å²) in [6.07, 6.45) is 3.32. The van der Waals surface area contributed by atoms with Crippen LogP contribution in [0.2, 0.25) is 0 Å². The molecule has 2 N–H and O–H groups in total. The van der Waals surface area contributed by atoms with E-state index in [2.05, 4.69) is 58.6 Å². The first-order chi connectivity index (χ1) is 13.5. The van der Waals surface area contributed by atoms with Crippen LogP contribution in [0.25, 0.3) is 0 Å². The normalized spacial score (nSPS) is 17.5. The number of halogens is 1. The van der Waals surface area contributed by atoms with Gasteiger partial charge >= 0.3 is 0 Å². The predicted molar refractivity (Wildman–Crippen MR) is 130 cm³/mol. The van der Waals surface area contributed by atoms with Gasteiger partial charge < -0.3 is 15.5 Å². The van der Waals surface area contributed by atoms with Gasteiger partial charge in [0.05, 0.1) is 0 Å². The molecular weight excluding hydrogens is 477 g/mol. The zero-order chi connectivity index (χ0) is 20.0. The number of likely N-dealkylation sites (tertiary alicyclic amines) is 1. The Morgan fingerprint density at radius 2 is 1.79 bits per heavy atom. The summed E-state index contributed by atoms with van der Waals surface area (Å²) in [4.78, 5) is 21.2. The van der Waals surface area contributed by atoms with Gasteiger partial charge in [-0.3, -0.25) is 9.69 Å². The topological polar surface area (TPSA) is 60.0 Å². The maximum absolute atomic E-state index is 12.3. The minimum atomic E-state index is -0.0112. The molecule has 162 valence electrons. The Morgan fingerprint density at radius 1 is 1.10 bits per heavy atom. The predicted octanol–water partition coefficient (Wildman–Crippen LogP) is 2.62. The van der Waals surface area contributed by atoms with Crippen LogP contribution in [0, 0.1) is 0 Å². The monoisotopic (exact) mass is 513 g/mol. The summed E-state index contributed by atoms with van der Waals surface area (Å²) < 4.78 is 0. The maximum Gasteiger partial charge on any atom is 0.244 e. The third-order valence-electron chi connectivity index (χ3n) is 5.85. The Balaban J connectivity index is 0.00000300. The fourth-order valence-corrected chi connectivity index (χ4v) is 3.98. The number of hydrogen-bond donors (Lipinski definition) is 2. The lowest BCUT2D eigenvalue weighted by Crippen LogP contribution is -2.54. The molecule has 0 bridgehead atoms.